The van der Waals surface area contributed by atoms with Gasteiger partial charge >= 0.3 is 0 Å². The van der Waals surface area contributed by atoms with Crippen molar-refractivity contribution in [3.05, 3.63) is 0 Å². The molecule has 0 bridgehead atoms. The summed E-state index contributed by atoms with van der Waals surface area (Å²) in [5.74, 6) is 0. The van der Waals surface area contributed by atoms with Crippen LogP contribution in [0.3, 0.4) is 0 Å². The lowest BCUT2D eigenvalue weighted by Gasteiger charge is -2.45. The van der Waals surface area contributed by atoms with Gasteiger partial charge in [-0.25, -0.2) is 0 Å². The monoisotopic (exact) mass is 256 g/mol. The molecule has 18 heavy (non-hydrogen) atoms. The first-order valence-electron chi connectivity index (χ1n) is 7.41. The standard InChI is InChI=1S/C15H32N2O/c1-7-15(6,10-16-8-2)12-17-9-13(3)18-14(4,5)11-17/h13,16H,7-12H2,1-6H3. The largest absolute Gasteiger partial charge is 0.370 e. The van der Waals surface area contributed by atoms with E-state index in [1.165, 1.54) is 6.42 Å². The van der Waals surface area contributed by atoms with Crippen molar-refractivity contribution in [1.82, 2.24) is 10.2 Å². The number of ether oxygens (including phenoxy) is 1. The van der Waals surface area contributed by atoms with Gasteiger partial charge in [-0.3, -0.25) is 4.90 Å². The zero-order valence-electron chi connectivity index (χ0n) is 13.2. The fourth-order valence-corrected chi connectivity index (χ4v) is 2.97. The number of nitrogens with one attached hydrogen (secondary N) is 1. The van der Waals surface area contributed by atoms with Gasteiger partial charge in [-0.1, -0.05) is 20.8 Å². The Morgan fingerprint density at radius 3 is 2.56 bits per heavy atom. The van der Waals surface area contributed by atoms with Gasteiger partial charge in [0.05, 0.1) is 11.7 Å². The molecule has 0 aromatic carbocycles. The lowest BCUT2D eigenvalue weighted by Crippen LogP contribution is -2.55. The third-order valence-corrected chi connectivity index (χ3v) is 3.90. The molecular weight excluding hydrogens is 224 g/mol. The molecule has 2 unspecified atom stereocenters. The summed E-state index contributed by atoms with van der Waals surface area (Å²) in [4.78, 5) is 2.58. The Labute approximate surface area is 113 Å². The van der Waals surface area contributed by atoms with Crippen LogP contribution in [0.2, 0.25) is 0 Å². The van der Waals surface area contributed by atoms with E-state index in [9.17, 15) is 0 Å². The van der Waals surface area contributed by atoms with Crippen LogP contribution in [0, 0.1) is 5.41 Å². The average molecular weight is 256 g/mol. The van der Waals surface area contributed by atoms with Crippen molar-refractivity contribution in [3.63, 3.8) is 0 Å². The second-order valence-corrected chi connectivity index (χ2v) is 6.80. The van der Waals surface area contributed by atoms with Gasteiger partial charge in [0, 0.05) is 26.2 Å². The Kier molecular flexibility index (Phi) is 5.63. The summed E-state index contributed by atoms with van der Waals surface area (Å²) < 4.78 is 5.98. The van der Waals surface area contributed by atoms with Crippen molar-refractivity contribution in [2.24, 2.45) is 5.41 Å². The van der Waals surface area contributed by atoms with E-state index < -0.39 is 0 Å². The van der Waals surface area contributed by atoms with Crippen LogP contribution in [0.15, 0.2) is 0 Å². The van der Waals surface area contributed by atoms with E-state index in [0.29, 0.717) is 11.5 Å². The normalized spacial score (nSPS) is 28.0. The fourth-order valence-electron chi connectivity index (χ4n) is 2.97. The summed E-state index contributed by atoms with van der Waals surface area (Å²) in [6.45, 7) is 18.9. The molecule has 108 valence electrons. The molecule has 0 amide bonds. The molecule has 1 N–H and O–H groups in total. The number of nitrogens with zero attached hydrogens (tertiary/aromatic N) is 1. The van der Waals surface area contributed by atoms with E-state index in [-0.39, 0.29) is 5.60 Å². The smallest absolute Gasteiger partial charge is 0.0757 e. The Balaban J connectivity index is 2.58. The second kappa shape index (κ2) is 6.36. The molecule has 1 heterocycles. The minimum Gasteiger partial charge on any atom is -0.370 e. The van der Waals surface area contributed by atoms with E-state index in [0.717, 1.165) is 32.7 Å². The minimum absolute atomic E-state index is 0.00942. The van der Waals surface area contributed by atoms with Gasteiger partial charge in [0.15, 0.2) is 0 Å². The number of hydrogen-bond donors (Lipinski definition) is 1. The van der Waals surface area contributed by atoms with Gasteiger partial charge in [-0.05, 0) is 39.2 Å². The van der Waals surface area contributed by atoms with Crippen LogP contribution < -0.4 is 5.32 Å². The van der Waals surface area contributed by atoms with Crippen molar-refractivity contribution in [2.45, 2.75) is 59.7 Å². The molecule has 0 spiro atoms. The lowest BCUT2D eigenvalue weighted by molar-refractivity contribution is -0.134. The van der Waals surface area contributed by atoms with E-state index >= 15 is 0 Å². The Bertz CT molecular complexity index is 255. The molecule has 1 aliphatic heterocycles. The highest BCUT2D eigenvalue weighted by Crippen LogP contribution is 2.27. The summed E-state index contributed by atoms with van der Waals surface area (Å²) in [6, 6.07) is 0. The summed E-state index contributed by atoms with van der Waals surface area (Å²) in [7, 11) is 0. The summed E-state index contributed by atoms with van der Waals surface area (Å²) in [5.41, 5.74) is 0.355. The van der Waals surface area contributed by atoms with E-state index in [1.807, 2.05) is 0 Å². The molecule has 1 rings (SSSR count). The topological polar surface area (TPSA) is 24.5 Å². The maximum Gasteiger partial charge on any atom is 0.0757 e. The van der Waals surface area contributed by atoms with E-state index in [4.69, 9.17) is 4.74 Å². The number of hydrogen-bond acceptors (Lipinski definition) is 3. The molecule has 3 nitrogen and oxygen atoms in total. The number of rotatable bonds is 6. The minimum atomic E-state index is -0.00942. The highest BCUT2D eigenvalue weighted by Gasteiger charge is 2.34. The van der Waals surface area contributed by atoms with Crippen molar-refractivity contribution < 1.29 is 4.74 Å². The quantitative estimate of drug-likeness (QED) is 0.790. The zero-order valence-corrected chi connectivity index (χ0v) is 13.2. The average Bonchev–Trinajstić information content (AvgIpc) is 2.23. The molecule has 0 saturated carbocycles. The van der Waals surface area contributed by atoms with E-state index in [2.05, 4.69) is 51.8 Å². The molecule has 2 atom stereocenters. The van der Waals surface area contributed by atoms with Crippen LogP contribution in [0.5, 0.6) is 0 Å². The van der Waals surface area contributed by atoms with Crippen LogP contribution in [0.1, 0.15) is 48.0 Å². The first-order valence-corrected chi connectivity index (χ1v) is 7.41. The third kappa shape index (κ3) is 4.87. The molecule has 1 aliphatic rings. The predicted molar refractivity (Wildman–Crippen MR) is 78.0 cm³/mol. The van der Waals surface area contributed by atoms with Crippen molar-refractivity contribution in [1.29, 1.82) is 0 Å². The maximum atomic E-state index is 5.98. The summed E-state index contributed by atoms with van der Waals surface area (Å²) in [6.07, 6.45) is 1.56. The predicted octanol–water partition coefficient (Wildman–Crippen LogP) is 2.51. The SMILES string of the molecule is CCNCC(C)(CC)CN1CC(C)OC(C)(C)C1. The molecule has 3 heteroatoms. The van der Waals surface area contributed by atoms with Crippen LogP contribution in [0.25, 0.3) is 0 Å². The maximum absolute atomic E-state index is 5.98. The molecule has 0 aliphatic carbocycles. The molecule has 0 aromatic rings. The van der Waals surface area contributed by atoms with Gasteiger partial charge in [-0.15, -0.1) is 0 Å². The van der Waals surface area contributed by atoms with Crippen molar-refractivity contribution in [2.75, 3.05) is 32.7 Å². The van der Waals surface area contributed by atoms with Crippen LogP contribution in [0.4, 0.5) is 0 Å². The Morgan fingerprint density at radius 1 is 1.39 bits per heavy atom. The zero-order chi connectivity index (χ0) is 13.8. The van der Waals surface area contributed by atoms with Gasteiger partial charge in [0.2, 0.25) is 0 Å². The molecule has 1 saturated heterocycles. The van der Waals surface area contributed by atoms with E-state index in [1.54, 1.807) is 0 Å². The summed E-state index contributed by atoms with van der Waals surface area (Å²) >= 11 is 0. The van der Waals surface area contributed by atoms with Crippen molar-refractivity contribution >= 4 is 0 Å². The first kappa shape index (κ1) is 15.9. The fraction of sp³-hybridized carbons (Fsp3) is 1.00. The lowest BCUT2D eigenvalue weighted by atomic mass is 9.86. The Hall–Kier alpha value is -0.120. The van der Waals surface area contributed by atoms with Gasteiger partial charge in [0.25, 0.3) is 0 Å². The van der Waals surface area contributed by atoms with Gasteiger partial charge in [-0.2, -0.15) is 0 Å². The second-order valence-electron chi connectivity index (χ2n) is 6.80. The first-order chi connectivity index (χ1) is 8.30. The summed E-state index contributed by atoms with van der Waals surface area (Å²) in [5, 5.41) is 3.50. The number of morpholine rings is 1. The van der Waals surface area contributed by atoms with Gasteiger partial charge in [0.1, 0.15) is 0 Å². The van der Waals surface area contributed by atoms with Crippen LogP contribution in [-0.2, 0) is 4.74 Å². The highest BCUT2D eigenvalue weighted by atomic mass is 16.5. The third-order valence-electron chi connectivity index (χ3n) is 3.90. The molecular formula is C15H32N2O. The Morgan fingerprint density at radius 2 is 2.06 bits per heavy atom. The van der Waals surface area contributed by atoms with Crippen LogP contribution in [-0.4, -0.2) is 49.3 Å². The molecule has 0 radical (unpaired) electrons. The highest BCUT2D eigenvalue weighted by molar-refractivity contribution is 4.87. The van der Waals surface area contributed by atoms with Gasteiger partial charge < -0.3 is 10.1 Å². The molecule has 1 fully saturated rings. The molecule has 0 aromatic heterocycles. The van der Waals surface area contributed by atoms with Crippen LogP contribution >= 0.6 is 0 Å². The van der Waals surface area contributed by atoms with Crippen molar-refractivity contribution in [3.8, 4) is 0 Å².